The van der Waals surface area contributed by atoms with Gasteiger partial charge in [0.1, 0.15) is 0 Å². The molecule has 2 aromatic rings. The summed E-state index contributed by atoms with van der Waals surface area (Å²) in [5.41, 5.74) is 8.73. The molecule has 0 amide bonds. The van der Waals surface area contributed by atoms with E-state index in [1.165, 1.54) is 5.56 Å². The lowest BCUT2D eigenvalue weighted by atomic mass is 9.90. The van der Waals surface area contributed by atoms with E-state index in [4.69, 9.17) is 5.73 Å². The molecule has 0 fully saturated rings. The molecule has 1 atom stereocenters. The Labute approximate surface area is 114 Å². The minimum Gasteiger partial charge on any atom is -0.329 e. The summed E-state index contributed by atoms with van der Waals surface area (Å²) in [6, 6.07) is 17.5. The van der Waals surface area contributed by atoms with Gasteiger partial charge in [0.25, 0.3) is 0 Å². The van der Waals surface area contributed by atoms with Crippen LogP contribution in [0.5, 0.6) is 0 Å². The normalized spacial score (nSPS) is 12.1. The Morgan fingerprint density at radius 3 is 2.21 bits per heavy atom. The second-order valence-corrected chi connectivity index (χ2v) is 4.61. The predicted molar refractivity (Wildman–Crippen MR) is 78.4 cm³/mol. The van der Waals surface area contributed by atoms with E-state index >= 15 is 0 Å². The molecular formula is C17H19NO. The second kappa shape index (κ2) is 6.30. The summed E-state index contributed by atoms with van der Waals surface area (Å²) < 4.78 is 0. The van der Waals surface area contributed by atoms with Gasteiger partial charge in [-0.05, 0) is 17.5 Å². The zero-order valence-corrected chi connectivity index (χ0v) is 11.2. The molecule has 0 heterocycles. The highest BCUT2D eigenvalue weighted by atomic mass is 16.1. The number of carbonyl (C=O) groups excluding carboxylic acids is 1. The lowest BCUT2D eigenvalue weighted by molar-refractivity contribution is 0.0962. The molecule has 2 nitrogen and oxygen atoms in total. The minimum absolute atomic E-state index is 0.0938. The number of hydrogen-bond donors (Lipinski definition) is 1. The Hall–Kier alpha value is -1.93. The van der Waals surface area contributed by atoms with Crippen LogP contribution in [0.2, 0.25) is 0 Å². The molecule has 98 valence electrons. The molecule has 19 heavy (non-hydrogen) atoms. The molecule has 2 aromatic carbocycles. The molecule has 0 saturated carbocycles. The van der Waals surface area contributed by atoms with Crippen LogP contribution in [0.3, 0.4) is 0 Å². The largest absolute Gasteiger partial charge is 0.329 e. The SMILES string of the molecule is CCc1ccc(C(=O)C(CN)c2ccccc2)cc1. The molecule has 0 aromatic heterocycles. The van der Waals surface area contributed by atoms with Crippen LogP contribution >= 0.6 is 0 Å². The van der Waals surface area contributed by atoms with Crippen LogP contribution in [0, 0.1) is 0 Å². The van der Waals surface area contributed by atoms with Crippen LogP contribution < -0.4 is 5.73 Å². The highest BCUT2D eigenvalue weighted by Crippen LogP contribution is 2.20. The zero-order chi connectivity index (χ0) is 13.7. The van der Waals surface area contributed by atoms with Gasteiger partial charge in [0.2, 0.25) is 0 Å². The summed E-state index contributed by atoms with van der Waals surface area (Å²) in [5.74, 6) is -0.162. The van der Waals surface area contributed by atoms with Crippen molar-refractivity contribution in [2.45, 2.75) is 19.3 Å². The van der Waals surface area contributed by atoms with Crippen molar-refractivity contribution >= 4 is 5.78 Å². The molecule has 0 bridgehead atoms. The molecule has 2 rings (SSSR count). The first kappa shape index (κ1) is 13.5. The Morgan fingerprint density at radius 1 is 1.05 bits per heavy atom. The van der Waals surface area contributed by atoms with Gasteiger partial charge in [-0.3, -0.25) is 4.79 Å². The molecule has 0 saturated heterocycles. The van der Waals surface area contributed by atoms with Crippen molar-refractivity contribution in [1.82, 2.24) is 0 Å². The summed E-state index contributed by atoms with van der Waals surface area (Å²) in [4.78, 5) is 12.5. The topological polar surface area (TPSA) is 43.1 Å². The van der Waals surface area contributed by atoms with Gasteiger partial charge in [0, 0.05) is 12.1 Å². The average Bonchev–Trinajstić information content (AvgIpc) is 2.49. The Bertz CT molecular complexity index is 531. The van der Waals surface area contributed by atoms with Crippen molar-refractivity contribution in [3.8, 4) is 0 Å². The van der Waals surface area contributed by atoms with Crippen molar-refractivity contribution in [3.63, 3.8) is 0 Å². The van der Waals surface area contributed by atoms with Crippen molar-refractivity contribution in [2.75, 3.05) is 6.54 Å². The number of rotatable bonds is 5. The maximum Gasteiger partial charge on any atom is 0.171 e. The van der Waals surface area contributed by atoms with Gasteiger partial charge >= 0.3 is 0 Å². The fraction of sp³-hybridized carbons (Fsp3) is 0.235. The van der Waals surface area contributed by atoms with Crippen LogP contribution in [0.4, 0.5) is 0 Å². The van der Waals surface area contributed by atoms with Gasteiger partial charge in [-0.1, -0.05) is 61.5 Å². The number of nitrogens with two attached hydrogens (primary N) is 1. The van der Waals surface area contributed by atoms with E-state index in [9.17, 15) is 4.79 Å². The number of hydrogen-bond acceptors (Lipinski definition) is 2. The Kier molecular flexibility index (Phi) is 4.48. The third kappa shape index (κ3) is 3.09. The predicted octanol–water partition coefficient (Wildman–Crippen LogP) is 3.17. The molecule has 2 heteroatoms. The quantitative estimate of drug-likeness (QED) is 0.832. The molecule has 0 aliphatic rings. The lowest BCUT2D eigenvalue weighted by Gasteiger charge is -2.14. The number of carbonyl (C=O) groups is 1. The number of Topliss-reactive ketones (excluding diaryl/α,β-unsaturated/α-hetero) is 1. The lowest BCUT2D eigenvalue weighted by Crippen LogP contribution is -2.21. The van der Waals surface area contributed by atoms with Crippen molar-refractivity contribution in [1.29, 1.82) is 0 Å². The van der Waals surface area contributed by atoms with E-state index in [1.54, 1.807) is 0 Å². The summed E-state index contributed by atoms with van der Waals surface area (Å²) >= 11 is 0. The minimum atomic E-state index is -0.256. The van der Waals surface area contributed by atoms with Crippen molar-refractivity contribution in [2.24, 2.45) is 5.73 Å². The van der Waals surface area contributed by atoms with E-state index in [2.05, 4.69) is 6.92 Å². The number of ketones is 1. The van der Waals surface area contributed by atoms with Gasteiger partial charge in [-0.25, -0.2) is 0 Å². The van der Waals surface area contributed by atoms with Crippen molar-refractivity contribution in [3.05, 3.63) is 71.3 Å². The molecule has 0 aliphatic heterocycles. The molecule has 2 N–H and O–H groups in total. The van der Waals surface area contributed by atoms with Crippen LogP contribution in [0.25, 0.3) is 0 Å². The second-order valence-electron chi connectivity index (χ2n) is 4.61. The van der Waals surface area contributed by atoms with E-state index in [1.807, 2.05) is 54.6 Å². The van der Waals surface area contributed by atoms with Crippen molar-refractivity contribution < 1.29 is 4.79 Å². The average molecular weight is 253 g/mol. The highest BCUT2D eigenvalue weighted by Gasteiger charge is 2.20. The van der Waals surface area contributed by atoms with Crippen LogP contribution in [-0.2, 0) is 6.42 Å². The Balaban J connectivity index is 2.25. The smallest absolute Gasteiger partial charge is 0.171 e. The third-order valence-corrected chi connectivity index (χ3v) is 3.40. The Morgan fingerprint density at radius 2 is 1.68 bits per heavy atom. The summed E-state index contributed by atoms with van der Waals surface area (Å²) in [6.45, 7) is 2.43. The molecule has 0 radical (unpaired) electrons. The van der Waals surface area contributed by atoms with Gasteiger partial charge in [-0.15, -0.1) is 0 Å². The van der Waals surface area contributed by atoms with Gasteiger partial charge < -0.3 is 5.73 Å². The summed E-state index contributed by atoms with van der Waals surface area (Å²) in [5, 5.41) is 0. The van der Waals surface area contributed by atoms with E-state index < -0.39 is 0 Å². The number of benzene rings is 2. The van der Waals surface area contributed by atoms with Crippen LogP contribution in [0.1, 0.15) is 34.3 Å². The van der Waals surface area contributed by atoms with Gasteiger partial charge in [-0.2, -0.15) is 0 Å². The zero-order valence-electron chi connectivity index (χ0n) is 11.2. The first-order valence-electron chi connectivity index (χ1n) is 6.64. The maximum atomic E-state index is 12.5. The molecule has 0 aliphatic carbocycles. The standard InChI is InChI=1S/C17H19NO/c1-2-13-8-10-15(11-9-13)17(19)16(12-18)14-6-4-3-5-7-14/h3-11,16H,2,12,18H2,1H3. The third-order valence-electron chi connectivity index (χ3n) is 3.40. The number of aryl methyl sites for hydroxylation is 1. The fourth-order valence-electron chi connectivity index (χ4n) is 2.19. The van der Waals surface area contributed by atoms with E-state index in [0.717, 1.165) is 17.5 Å². The van der Waals surface area contributed by atoms with E-state index in [-0.39, 0.29) is 11.7 Å². The maximum absolute atomic E-state index is 12.5. The van der Waals surface area contributed by atoms with Gasteiger partial charge in [0.05, 0.1) is 5.92 Å². The van der Waals surface area contributed by atoms with Crippen LogP contribution in [0.15, 0.2) is 54.6 Å². The van der Waals surface area contributed by atoms with E-state index in [0.29, 0.717) is 6.54 Å². The molecule has 1 unspecified atom stereocenters. The summed E-state index contributed by atoms with van der Waals surface area (Å²) in [7, 11) is 0. The van der Waals surface area contributed by atoms with Crippen LogP contribution in [-0.4, -0.2) is 12.3 Å². The molecular weight excluding hydrogens is 234 g/mol. The highest BCUT2D eigenvalue weighted by molar-refractivity contribution is 6.01. The first-order chi connectivity index (χ1) is 9.26. The monoisotopic (exact) mass is 253 g/mol. The summed E-state index contributed by atoms with van der Waals surface area (Å²) in [6.07, 6.45) is 0.980. The molecule has 0 spiro atoms. The first-order valence-corrected chi connectivity index (χ1v) is 6.64. The fourth-order valence-corrected chi connectivity index (χ4v) is 2.19. The van der Waals surface area contributed by atoms with Gasteiger partial charge in [0.15, 0.2) is 5.78 Å².